The second kappa shape index (κ2) is 6.53. The van der Waals surface area contributed by atoms with Gasteiger partial charge in [0, 0.05) is 49.4 Å². The summed E-state index contributed by atoms with van der Waals surface area (Å²) >= 11 is 1.68. The van der Waals surface area contributed by atoms with Crippen molar-refractivity contribution in [3.63, 3.8) is 0 Å². The van der Waals surface area contributed by atoms with Crippen LogP contribution in [-0.2, 0) is 0 Å². The van der Waals surface area contributed by atoms with Gasteiger partial charge in [0.15, 0.2) is 0 Å². The van der Waals surface area contributed by atoms with Crippen LogP contribution in [0.2, 0.25) is 0 Å². The molecule has 1 saturated carbocycles. The molecule has 0 atom stereocenters. The summed E-state index contributed by atoms with van der Waals surface area (Å²) in [4.78, 5) is 36.7. The minimum atomic E-state index is 0.0104. The summed E-state index contributed by atoms with van der Waals surface area (Å²) in [5.41, 5.74) is 0.575. The quantitative estimate of drug-likeness (QED) is 0.695. The molecule has 7 nitrogen and oxygen atoms in total. The molecule has 138 valence electrons. The summed E-state index contributed by atoms with van der Waals surface area (Å²) in [6.45, 7) is 4.93. The van der Waals surface area contributed by atoms with Crippen LogP contribution in [0.15, 0.2) is 24.8 Å². The molecule has 1 aliphatic heterocycles. The SMILES string of the molecule is Cc1cc2c(N3CCN(C(=O)c4cnc(C5CC5)nc4)CC3)ncnc2s1. The first-order valence-electron chi connectivity index (χ1n) is 9.26. The molecule has 4 heterocycles. The predicted molar refractivity (Wildman–Crippen MR) is 104 cm³/mol. The maximum absolute atomic E-state index is 12.8. The lowest BCUT2D eigenvalue weighted by molar-refractivity contribution is 0.0745. The number of piperazine rings is 1. The Morgan fingerprint density at radius 2 is 1.81 bits per heavy atom. The highest BCUT2D eigenvalue weighted by atomic mass is 32.1. The number of hydrogen-bond donors (Lipinski definition) is 0. The Hall–Kier alpha value is -2.61. The topological polar surface area (TPSA) is 75.1 Å². The van der Waals surface area contributed by atoms with E-state index in [4.69, 9.17) is 0 Å². The number of carbonyl (C=O) groups excluding carboxylic acids is 1. The van der Waals surface area contributed by atoms with Gasteiger partial charge in [-0.05, 0) is 25.8 Å². The van der Waals surface area contributed by atoms with E-state index < -0.39 is 0 Å². The van der Waals surface area contributed by atoms with Gasteiger partial charge in [0.1, 0.15) is 22.8 Å². The average molecular weight is 380 g/mol. The van der Waals surface area contributed by atoms with Crippen LogP contribution in [0.25, 0.3) is 10.2 Å². The van der Waals surface area contributed by atoms with Crippen LogP contribution in [0.1, 0.15) is 39.8 Å². The standard InChI is InChI=1S/C19H20N6OS/c1-12-8-15-17(22-11-23-18(15)27-12)24-4-6-25(7-5-24)19(26)14-9-20-16(21-10-14)13-2-3-13/h8-11,13H,2-7H2,1H3. The summed E-state index contributed by atoms with van der Waals surface area (Å²) in [7, 11) is 0. The van der Waals surface area contributed by atoms with Crippen LogP contribution >= 0.6 is 11.3 Å². The van der Waals surface area contributed by atoms with E-state index >= 15 is 0 Å². The fraction of sp³-hybridized carbons (Fsp3) is 0.421. The number of hydrogen-bond acceptors (Lipinski definition) is 7. The van der Waals surface area contributed by atoms with Crippen molar-refractivity contribution in [2.45, 2.75) is 25.7 Å². The van der Waals surface area contributed by atoms with E-state index in [2.05, 4.69) is 37.8 Å². The lowest BCUT2D eigenvalue weighted by Crippen LogP contribution is -2.49. The maximum Gasteiger partial charge on any atom is 0.257 e. The zero-order chi connectivity index (χ0) is 18.4. The van der Waals surface area contributed by atoms with Crippen molar-refractivity contribution in [3.8, 4) is 0 Å². The lowest BCUT2D eigenvalue weighted by atomic mass is 10.2. The Morgan fingerprint density at radius 1 is 1.07 bits per heavy atom. The molecule has 3 aromatic heterocycles. The molecular formula is C19H20N6OS. The van der Waals surface area contributed by atoms with Gasteiger partial charge in [-0.15, -0.1) is 11.3 Å². The predicted octanol–water partition coefficient (Wildman–Crippen LogP) is 2.63. The van der Waals surface area contributed by atoms with Gasteiger partial charge >= 0.3 is 0 Å². The van der Waals surface area contributed by atoms with Gasteiger partial charge in [-0.3, -0.25) is 4.79 Å². The van der Waals surface area contributed by atoms with Gasteiger partial charge in [0.2, 0.25) is 0 Å². The number of carbonyl (C=O) groups is 1. The maximum atomic E-state index is 12.8. The number of fused-ring (bicyclic) bond motifs is 1. The van der Waals surface area contributed by atoms with Crippen molar-refractivity contribution in [2.24, 2.45) is 0 Å². The molecule has 1 aliphatic carbocycles. The molecule has 5 rings (SSSR count). The number of aromatic nitrogens is 4. The molecule has 27 heavy (non-hydrogen) atoms. The highest BCUT2D eigenvalue weighted by Gasteiger charge is 2.28. The normalized spacial score (nSPS) is 17.5. The number of amides is 1. The Kier molecular flexibility index (Phi) is 4.00. The van der Waals surface area contributed by atoms with Crippen LogP contribution in [0.5, 0.6) is 0 Å². The fourth-order valence-corrected chi connectivity index (χ4v) is 4.36. The molecule has 0 unspecified atom stereocenters. The Morgan fingerprint density at radius 3 is 2.52 bits per heavy atom. The van der Waals surface area contributed by atoms with Gasteiger partial charge < -0.3 is 9.80 Å². The van der Waals surface area contributed by atoms with Crippen LogP contribution in [0, 0.1) is 6.92 Å². The molecule has 0 bridgehead atoms. The molecule has 1 amide bonds. The Labute approximate surface area is 161 Å². The molecule has 0 spiro atoms. The summed E-state index contributed by atoms with van der Waals surface area (Å²) in [5, 5.41) is 1.10. The summed E-state index contributed by atoms with van der Waals surface area (Å²) in [5.74, 6) is 2.35. The van der Waals surface area contributed by atoms with Crippen molar-refractivity contribution in [2.75, 3.05) is 31.1 Å². The zero-order valence-corrected chi connectivity index (χ0v) is 15.9. The largest absolute Gasteiger partial charge is 0.352 e. The first-order valence-corrected chi connectivity index (χ1v) is 10.1. The molecule has 1 saturated heterocycles. The van der Waals surface area contributed by atoms with Crippen LogP contribution in [-0.4, -0.2) is 56.9 Å². The smallest absolute Gasteiger partial charge is 0.257 e. The van der Waals surface area contributed by atoms with Crippen molar-refractivity contribution >= 4 is 33.3 Å². The van der Waals surface area contributed by atoms with Gasteiger partial charge in [-0.1, -0.05) is 0 Å². The monoisotopic (exact) mass is 380 g/mol. The van der Waals surface area contributed by atoms with E-state index in [0.717, 1.165) is 47.8 Å². The van der Waals surface area contributed by atoms with E-state index in [1.807, 2.05) is 4.90 Å². The number of aryl methyl sites for hydroxylation is 1. The van der Waals surface area contributed by atoms with Crippen LogP contribution < -0.4 is 4.90 Å². The molecule has 8 heteroatoms. The molecule has 2 fully saturated rings. The number of nitrogens with zero attached hydrogens (tertiary/aromatic N) is 6. The highest BCUT2D eigenvalue weighted by Crippen LogP contribution is 2.37. The second-order valence-electron chi connectivity index (χ2n) is 7.16. The number of thiophene rings is 1. The zero-order valence-electron chi connectivity index (χ0n) is 15.1. The van der Waals surface area contributed by atoms with E-state index in [9.17, 15) is 4.79 Å². The molecule has 0 radical (unpaired) electrons. The molecule has 3 aromatic rings. The van der Waals surface area contributed by atoms with Crippen LogP contribution in [0.3, 0.4) is 0 Å². The van der Waals surface area contributed by atoms with Gasteiger partial charge in [-0.2, -0.15) is 0 Å². The Bertz CT molecular complexity index is 989. The van der Waals surface area contributed by atoms with Crippen molar-refractivity contribution in [1.82, 2.24) is 24.8 Å². The first kappa shape index (κ1) is 16.6. The van der Waals surface area contributed by atoms with E-state index in [1.165, 1.54) is 4.88 Å². The summed E-state index contributed by atoms with van der Waals surface area (Å²) < 4.78 is 0. The molecule has 0 aromatic carbocycles. The van der Waals surface area contributed by atoms with E-state index in [-0.39, 0.29) is 5.91 Å². The fourth-order valence-electron chi connectivity index (χ4n) is 3.52. The highest BCUT2D eigenvalue weighted by molar-refractivity contribution is 7.18. The van der Waals surface area contributed by atoms with Crippen molar-refractivity contribution < 1.29 is 4.79 Å². The van der Waals surface area contributed by atoms with E-state index in [1.54, 1.807) is 30.1 Å². The van der Waals surface area contributed by atoms with Crippen LogP contribution in [0.4, 0.5) is 5.82 Å². The van der Waals surface area contributed by atoms with Crippen molar-refractivity contribution in [3.05, 3.63) is 41.1 Å². The van der Waals surface area contributed by atoms with Gasteiger partial charge in [0.05, 0.1) is 10.9 Å². The minimum Gasteiger partial charge on any atom is -0.352 e. The first-order chi connectivity index (χ1) is 13.2. The minimum absolute atomic E-state index is 0.0104. The third kappa shape index (κ3) is 3.14. The van der Waals surface area contributed by atoms with Gasteiger partial charge in [0.25, 0.3) is 5.91 Å². The van der Waals surface area contributed by atoms with Crippen molar-refractivity contribution in [1.29, 1.82) is 0 Å². The average Bonchev–Trinajstić information content (AvgIpc) is 3.48. The van der Waals surface area contributed by atoms with Gasteiger partial charge in [-0.25, -0.2) is 19.9 Å². The molecular weight excluding hydrogens is 360 g/mol. The lowest BCUT2D eigenvalue weighted by Gasteiger charge is -2.35. The third-order valence-corrected chi connectivity index (χ3v) is 6.12. The molecule has 2 aliphatic rings. The molecule has 0 N–H and O–H groups in total. The summed E-state index contributed by atoms with van der Waals surface area (Å²) in [6.07, 6.45) is 7.31. The second-order valence-corrected chi connectivity index (χ2v) is 8.39. The third-order valence-electron chi connectivity index (χ3n) is 5.16. The van der Waals surface area contributed by atoms with E-state index in [0.29, 0.717) is 24.6 Å². The number of rotatable bonds is 3. The summed E-state index contributed by atoms with van der Waals surface area (Å²) in [6, 6.07) is 2.14. The Balaban J connectivity index is 1.28. The number of anilines is 1.